The first-order valence-corrected chi connectivity index (χ1v) is 6.43. The molecule has 0 heterocycles. The molecule has 3 nitrogen and oxygen atoms in total. The van der Waals surface area contributed by atoms with Crippen LogP contribution in [-0.2, 0) is 14.3 Å². The van der Waals surface area contributed by atoms with Crippen molar-refractivity contribution in [2.45, 2.75) is 45.4 Å². The lowest BCUT2D eigenvalue weighted by atomic mass is 9.88. The van der Waals surface area contributed by atoms with Gasteiger partial charge < -0.3 is 4.74 Å². The molecular weight excluding hydrogens is 216 g/mol. The number of carbonyl (C=O) groups is 2. The first-order valence-electron chi connectivity index (χ1n) is 6.43. The standard InChI is InChI=1S/C14H22O3/c1-3-4-5-6-12-11(7-9-13(12)15)8-10-14(16)17-2/h4-5,11-12H,3,6-10H2,1-2H3/b5-4-. The van der Waals surface area contributed by atoms with Crippen LogP contribution >= 0.6 is 0 Å². The molecular formula is C14H22O3. The quantitative estimate of drug-likeness (QED) is 0.528. The lowest BCUT2D eigenvalue weighted by Crippen LogP contribution is -2.15. The van der Waals surface area contributed by atoms with E-state index in [4.69, 9.17) is 0 Å². The van der Waals surface area contributed by atoms with E-state index in [2.05, 4.69) is 23.8 Å². The molecule has 1 aliphatic rings. The fraction of sp³-hybridized carbons (Fsp3) is 0.714. The van der Waals surface area contributed by atoms with Gasteiger partial charge in [-0.15, -0.1) is 0 Å². The van der Waals surface area contributed by atoms with Crippen LogP contribution in [0.3, 0.4) is 0 Å². The van der Waals surface area contributed by atoms with Gasteiger partial charge in [0.2, 0.25) is 0 Å². The average molecular weight is 238 g/mol. The van der Waals surface area contributed by atoms with Crippen molar-refractivity contribution in [2.75, 3.05) is 7.11 Å². The van der Waals surface area contributed by atoms with Crippen molar-refractivity contribution in [3.8, 4) is 0 Å². The maximum atomic E-state index is 11.7. The Morgan fingerprint density at radius 3 is 2.88 bits per heavy atom. The van der Waals surface area contributed by atoms with E-state index in [1.54, 1.807) is 0 Å². The van der Waals surface area contributed by atoms with Gasteiger partial charge >= 0.3 is 5.97 Å². The summed E-state index contributed by atoms with van der Waals surface area (Å²) in [6, 6.07) is 0. The Morgan fingerprint density at radius 2 is 2.24 bits per heavy atom. The minimum atomic E-state index is -0.174. The fourth-order valence-corrected chi connectivity index (χ4v) is 2.46. The summed E-state index contributed by atoms with van der Waals surface area (Å²) in [5.41, 5.74) is 0. The largest absolute Gasteiger partial charge is 0.469 e. The average Bonchev–Trinajstić information content (AvgIpc) is 2.68. The highest BCUT2D eigenvalue weighted by Gasteiger charge is 2.33. The number of Topliss-reactive ketones (excluding diaryl/α,β-unsaturated/α-hetero) is 1. The van der Waals surface area contributed by atoms with Crippen molar-refractivity contribution in [1.82, 2.24) is 0 Å². The van der Waals surface area contributed by atoms with Crippen molar-refractivity contribution in [3.63, 3.8) is 0 Å². The third kappa shape index (κ3) is 4.33. The van der Waals surface area contributed by atoms with Gasteiger partial charge in [0, 0.05) is 18.8 Å². The number of carbonyl (C=O) groups excluding carboxylic acids is 2. The SMILES string of the molecule is CC/C=C\CC1C(=O)CCC1CCC(=O)OC. The number of rotatable bonds is 6. The van der Waals surface area contributed by atoms with E-state index in [0.717, 1.165) is 25.7 Å². The molecule has 1 saturated carbocycles. The number of ketones is 1. The molecule has 0 bridgehead atoms. The summed E-state index contributed by atoms with van der Waals surface area (Å²) in [5.74, 6) is 0.679. The van der Waals surface area contributed by atoms with Crippen LogP contribution in [0.25, 0.3) is 0 Å². The molecule has 0 amide bonds. The lowest BCUT2D eigenvalue weighted by molar-refractivity contribution is -0.141. The smallest absolute Gasteiger partial charge is 0.305 e. The van der Waals surface area contributed by atoms with E-state index in [1.165, 1.54) is 7.11 Å². The Labute approximate surface area is 103 Å². The van der Waals surface area contributed by atoms with Crippen LogP contribution in [0.5, 0.6) is 0 Å². The second-order valence-corrected chi connectivity index (χ2v) is 4.60. The first kappa shape index (κ1) is 13.9. The maximum absolute atomic E-state index is 11.7. The zero-order valence-corrected chi connectivity index (χ0v) is 10.8. The number of methoxy groups -OCH3 is 1. The van der Waals surface area contributed by atoms with Crippen molar-refractivity contribution in [1.29, 1.82) is 0 Å². The molecule has 1 aliphatic carbocycles. The summed E-state index contributed by atoms with van der Waals surface area (Å²) in [4.78, 5) is 22.8. The van der Waals surface area contributed by atoms with Gasteiger partial charge in [0.25, 0.3) is 0 Å². The van der Waals surface area contributed by atoms with E-state index in [1.807, 2.05) is 0 Å². The molecule has 0 aromatic heterocycles. The molecule has 1 rings (SSSR count). The molecule has 0 N–H and O–H groups in total. The second kappa shape index (κ2) is 7.25. The van der Waals surface area contributed by atoms with Gasteiger partial charge in [-0.05, 0) is 31.6 Å². The van der Waals surface area contributed by atoms with E-state index in [-0.39, 0.29) is 11.9 Å². The van der Waals surface area contributed by atoms with Gasteiger partial charge in [-0.3, -0.25) is 9.59 Å². The topological polar surface area (TPSA) is 43.4 Å². The molecule has 0 saturated heterocycles. The van der Waals surface area contributed by atoms with Crippen LogP contribution in [0.2, 0.25) is 0 Å². The fourth-order valence-electron chi connectivity index (χ4n) is 2.46. The number of hydrogen-bond acceptors (Lipinski definition) is 3. The Bertz CT molecular complexity index is 294. The number of allylic oxidation sites excluding steroid dienone is 2. The molecule has 2 atom stereocenters. The number of hydrogen-bond donors (Lipinski definition) is 0. The summed E-state index contributed by atoms with van der Waals surface area (Å²) in [7, 11) is 1.41. The highest BCUT2D eigenvalue weighted by molar-refractivity contribution is 5.83. The van der Waals surface area contributed by atoms with Crippen molar-refractivity contribution >= 4 is 11.8 Å². The van der Waals surface area contributed by atoms with Crippen LogP contribution in [0, 0.1) is 11.8 Å². The van der Waals surface area contributed by atoms with Crippen LogP contribution < -0.4 is 0 Å². The van der Waals surface area contributed by atoms with Crippen molar-refractivity contribution in [3.05, 3.63) is 12.2 Å². The minimum absolute atomic E-state index is 0.127. The molecule has 3 heteroatoms. The van der Waals surface area contributed by atoms with Gasteiger partial charge in [-0.2, -0.15) is 0 Å². The highest BCUT2D eigenvalue weighted by Crippen LogP contribution is 2.34. The van der Waals surface area contributed by atoms with E-state index >= 15 is 0 Å². The molecule has 0 aromatic rings. The molecule has 0 aromatic carbocycles. The van der Waals surface area contributed by atoms with E-state index < -0.39 is 0 Å². The summed E-state index contributed by atoms with van der Waals surface area (Å²) >= 11 is 0. The second-order valence-electron chi connectivity index (χ2n) is 4.60. The number of ether oxygens (including phenoxy) is 1. The lowest BCUT2D eigenvalue weighted by Gasteiger charge is -2.16. The molecule has 96 valence electrons. The predicted molar refractivity (Wildman–Crippen MR) is 66.5 cm³/mol. The van der Waals surface area contributed by atoms with E-state index in [0.29, 0.717) is 24.5 Å². The van der Waals surface area contributed by atoms with Crippen LogP contribution in [0.4, 0.5) is 0 Å². The van der Waals surface area contributed by atoms with Crippen LogP contribution in [-0.4, -0.2) is 18.9 Å². The summed E-state index contributed by atoms with van der Waals surface area (Å²) in [6.07, 6.45) is 8.86. The van der Waals surface area contributed by atoms with Gasteiger partial charge in [0.15, 0.2) is 0 Å². The molecule has 17 heavy (non-hydrogen) atoms. The maximum Gasteiger partial charge on any atom is 0.305 e. The normalized spacial score (nSPS) is 24.5. The summed E-state index contributed by atoms with van der Waals surface area (Å²) in [6.45, 7) is 2.09. The number of esters is 1. The zero-order valence-electron chi connectivity index (χ0n) is 10.8. The summed E-state index contributed by atoms with van der Waals surface area (Å²) in [5, 5.41) is 0. The molecule has 0 spiro atoms. The monoisotopic (exact) mass is 238 g/mol. The first-order chi connectivity index (χ1) is 8.19. The van der Waals surface area contributed by atoms with Crippen LogP contribution in [0.1, 0.15) is 45.4 Å². The third-order valence-corrected chi connectivity index (χ3v) is 3.48. The molecule has 1 fully saturated rings. The van der Waals surface area contributed by atoms with Gasteiger partial charge in [0.1, 0.15) is 5.78 Å². The van der Waals surface area contributed by atoms with Crippen molar-refractivity contribution < 1.29 is 14.3 Å². The van der Waals surface area contributed by atoms with Crippen LogP contribution in [0.15, 0.2) is 12.2 Å². The van der Waals surface area contributed by atoms with Gasteiger partial charge in [-0.25, -0.2) is 0 Å². The molecule has 2 unspecified atom stereocenters. The Kier molecular flexibility index (Phi) is 5.95. The Balaban J connectivity index is 2.44. The highest BCUT2D eigenvalue weighted by atomic mass is 16.5. The molecule has 0 aliphatic heterocycles. The zero-order chi connectivity index (χ0) is 12.7. The predicted octanol–water partition coefficient (Wildman–Crippen LogP) is 2.89. The third-order valence-electron chi connectivity index (χ3n) is 3.48. The minimum Gasteiger partial charge on any atom is -0.469 e. The Hall–Kier alpha value is -1.12. The molecule has 0 radical (unpaired) electrons. The Morgan fingerprint density at radius 1 is 1.47 bits per heavy atom. The van der Waals surface area contributed by atoms with Gasteiger partial charge in [0.05, 0.1) is 7.11 Å². The van der Waals surface area contributed by atoms with Crippen molar-refractivity contribution in [2.24, 2.45) is 11.8 Å². The summed E-state index contributed by atoms with van der Waals surface area (Å²) < 4.78 is 4.63. The van der Waals surface area contributed by atoms with E-state index in [9.17, 15) is 9.59 Å². The van der Waals surface area contributed by atoms with Gasteiger partial charge in [-0.1, -0.05) is 19.1 Å².